The van der Waals surface area contributed by atoms with Crippen molar-refractivity contribution in [2.24, 2.45) is 11.8 Å². The van der Waals surface area contributed by atoms with Gasteiger partial charge in [0.15, 0.2) is 0 Å². The molecule has 1 atom stereocenters. The Kier molecular flexibility index (Phi) is 6.13. The number of hydrogen-bond donors (Lipinski definition) is 2. The first-order valence-corrected chi connectivity index (χ1v) is 8.61. The summed E-state index contributed by atoms with van der Waals surface area (Å²) in [5.41, 5.74) is 4.02. The molecule has 0 radical (unpaired) electrons. The lowest BCUT2D eigenvalue weighted by Gasteiger charge is -2.26. The molecule has 1 fully saturated rings. The Morgan fingerprint density at radius 2 is 2.16 bits per heavy atom. The molecule has 2 rings (SSSR count). The van der Waals surface area contributed by atoms with Gasteiger partial charge in [-0.05, 0) is 60.8 Å². The Morgan fingerprint density at radius 1 is 1.42 bits per heavy atom. The van der Waals surface area contributed by atoms with Crippen LogP contribution in [0.5, 0.6) is 0 Å². The molecule has 1 saturated heterocycles. The molecule has 1 aliphatic rings. The van der Waals surface area contributed by atoms with E-state index in [0.29, 0.717) is 0 Å². The highest BCUT2D eigenvalue weighted by Crippen LogP contribution is 2.28. The SMILES string of the molecule is NNC(Cc1ccc(F)cc1Br)CC1CCSCC1. The number of rotatable bonds is 5. The third-order valence-electron chi connectivity index (χ3n) is 3.68. The molecule has 2 nitrogen and oxygen atoms in total. The minimum Gasteiger partial charge on any atom is -0.271 e. The van der Waals surface area contributed by atoms with E-state index in [0.717, 1.165) is 28.8 Å². The van der Waals surface area contributed by atoms with E-state index in [9.17, 15) is 4.39 Å². The zero-order valence-corrected chi connectivity index (χ0v) is 13.3. The summed E-state index contributed by atoms with van der Waals surface area (Å²) in [4.78, 5) is 0. The van der Waals surface area contributed by atoms with Crippen LogP contribution in [-0.4, -0.2) is 17.5 Å². The maximum atomic E-state index is 13.1. The highest BCUT2D eigenvalue weighted by Gasteiger charge is 2.19. The van der Waals surface area contributed by atoms with E-state index in [1.807, 2.05) is 17.8 Å². The number of hydrazine groups is 1. The molecule has 0 aliphatic carbocycles. The second kappa shape index (κ2) is 7.62. The van der Waals surface area contributed by atoms with E-state index in [-0.39, 0.29) is 11.9 Å². The molecule has 1 aliphatic heterocycles. The summed E-state index contributed by atoms with van der Waals surface area (Å²) in [6, 6.07) is 5.11. The minimum atomic E-state index is -0.211. The predicted molar refractivity (Wildman–Crippen MR) is 83.6 cm³/mol. The third-order valence-corrected chi connectivity index (χ3v) is 5.46. The number of nitrogens with one attached hydrogen (secondary N) is 1. The van der Waals surface area contributed by atoms with Crippen LogP contribution >= 0.6 is 27.7 Å². The van der Waals surface area contributed by atoms with E-state index >= 15 is 0 Å². The molecule has 3 N–H and O–H groups in total. The van der Waals surface area contributed by atoms with Crippen LogP contribution in [0.4, 0.5) is 4.39 Å². The van der Waals surface area contributed by atoms with Gasteiger partial charge in [0.05, 0.1) is 0 Å². The Bertz CT molecular complexity index is 410. The maximum absolute atomic E-state index is 13.1. The van der Waals surface area contributed by atoms with Gasteiger partial charge in [0.1, 0.15) is 5.82 Å². The molecule has 0 saturated carbocycles. The lowest BCUT2D eigenvalue weighted by Crippen LogP contribution is -2.38. The Morgan fingerprint density at radius 3 is 2.79 bits per heavy atom. The molecule has 1 heterocycles. The van der Waals surface area contributed by atoms with Gasteiger partial charge in [-0.15, -0.1) is 0 Å². The summed E-state index contributed by atoms with van der Waals surface area (Å²) in [6.45, 7) is 0. The van der Waals surface area contributed by atoms with Gasteiger partial charge in [-0.25, -0.2) is 4.39 Å². The minimum absolute atomic E-state index is 0.211. The number of thioether (sulfide) groups is 1. The Balaban J connectivity index is 1.94. The summed E-state index contributed by atoms with van der Waals surface area (Å²) >= 11 is 5.46. The molecule has 1 aromatic rings. The lowest BCUT2D eigenvalue weighted by molar-refractivity contribution is 0.365. The van der Waals surface area contributed by atoms with Gasteiger partial charge in [0.2, 0.25) is 0 Å². The first-order valence-electron chi connectivity index (χ1n) is 6.67. The number of benzene rings is 1. The van der Waals surface area contributed by atoms with Crippen molar-refractivity contribution in [3.8, 4) is 0 Å². The topological polar surface area (TPSA) is 38.0 Å². The van der Waals surface area contributed by atoms with Crippen LogP contribution in [0.25, 0.3) is 0 Å². The third kappa shape index (κ3) is 4.74. The van der Waals surface area contributed by atoms with Gasteiger partial charge in [-0.2, -0.15) is 11.8 Å². The summed E-state index contributed by atoms with van der Waals surface area (Å²) in [6.07, 6.45) is 4.50. The first-order chi connectivity index (χ1) is 9.19. The zero-order valence-electron chi connectivity index (χ0n) is 10.9. The van der Waals surface area contributed by atoms with Gasteiger partial charge in [0, 0.05) is 10.5 Å². The van der Waals surface area contributed by atoms with Gasteiger partial charge >= 0.3 is 0 Å². The molecule has 0 bridgehead atoms. The van der Waals surface area contributed by atoms with E-state index in [1.54, 1.807) is 0 Å². The molecule has 0 spiro atoms. The van der Waals surface area contributed by atoms with E-state index in [2.05, 4.69) is 21.4 Å². The van der Waals surface area contributed by atoms with Crippen molar-refractivity contribution < 1.29 is 4.39 Å². The molecular weight excluding hydrogens is 327 g/mol. The monoisotopic (exact) mass is 346 g/mol. The predicted octanol–water partition coefficient (Wildman–Crippen LogP) is 3.50. The molecule has 0 amide bonds. The normalized spacial score (nSPS) is 18.5. The van der Waals surface area contributed by atoms with Crippen LogP contribution in [-0.2, 0) is 6.42 Å². The average Bonchev–Trinajstić information content (AvgIpc) is 2.42. The van der Waals surface area contributed by atoms with Crippen molar-refractivity contribution in [2.75, 3.05) is 11.5 Å². The Labute approximate surface area is 126 Å². The molecule has 19 heavy (non-hydrogen) atoms. The van der Waals surface area contributed by atoms with E-state index in [1.165, 1.54) is 36.5 Å². The largest absolute Gasteiger partial charge is 0.271 e. The van der Waals surface area contributed by atoms with Gasteiger partial charge in [-0.3, -0.25) is 11.3 Å². The fraction of sp³-hybridized carbons (Fsp3) is 0.571. The average molecular weight is 347 g/mol. The molecule has 106 valence electrons. The van der Waals surface area contributed by atoms with Crippen molar-refractivity contribution >= 4 is 27.7 Å². The molecule has 1 aromatic carbocycles. The van der Waals surface area contributed by atoms with E-state index < -0.39 is 0 Å². The van der Waals surface area contributed by atoms with Gasteiger partial charge in [-0.1, -0.05) is 22.0 Å². The standard InChI is InChI=1S/C14H20BrFN2S/c15-14-9-12(16)2-1-11(14)8-13(18-17)7-10-3-5-19-6-4-10/h1-2,9-10,13,18H,3-8,17H2. The van der Waals surface area contributed by atoms with Crippen molar-refractivity contribution in [3.63, 3.8) is 0 Å². The van der Waals surface area contributed by atoms with Crippen LogP contribution in [0.3, 0.4) is 0 Å². The van der Waals surface area contributed by atoms with Crippen molar-refractivity contribution in [3.05, 3.63) is 34.1 Å². The summed E-state index contributed by atoms with van der Waals surface area (Å²) in [7, 11) is 0. The second-order valence-corrected chi connectivity index (χ2v) is 7.17. The van der Waals surface area contributed by atoms with Crippen molar-refractivity contribution in [2.45, 2.75) is 31.7 Å². The molecular formula is C14H20BrFN2S. The van der Waals surface area contributed by atoms with E-state index in [4.69, 9.17) is 5.84 Å². The number of halogens is 2. The van der Waals surface area contributed by atoms with Crippen LogP contribution in [0, 0.1) is 11.7 Å². The van der Waals surface area contributed by atoms with Gasteiger partial charge < -0.3 is 0 Å². The maximum Gasteiger partial charge on any atom is 0.124 e. The zero-order chi connectivity index (χ0) is 13.7. The quantitative estimate of drug-likeness (QED) is 0.633. The van der Waals surface area contributed by atoms with Crippen molar-refractivity contribution in [1.29, 1.82) is 0 Å². The highest BCUT2D eigenvalue weighted by atomic mass is 79.9. The smallest absolute Gasteiger partial charge is 0.124 e. The van der Waals surface area contributed by atoms with Crippen LogP contribution < -0.4 is 11.3 Å². The molecule has 1 unspecified atom stereocenters. The second-order valence-electron chi connectivity index (χ2n) is 5.09. The summed E-state index contributed by atoms with van der Waals surface area (Å²) < 4.78 is 13.9. The number of hydrogen-bond acceptors (Lipinski definition) is 3. The van der Waals surface area contributed by atoms with Crippen molar-refractivity contribution in [1.82, 2.24) is 5.43 Å². The van der Waals surface area contributed by atoms with Crippen LogP contribution in [0.15, 0.2) is 22.7 Å². The summed E-state index contributed by atoms with van der Waals surface area (Å²) in [5, 5.41) is 0. The molecule has 0 aromatic heterocycles. The Hall–Kier alpha value is -0.100. The van der Waals surface area contributed by atoms with Crippen LogP contribution in [0.2, 0.25) is 0 Å². The lowest BCUT2D eigenvalue weighted by atomic mass is 9.91. The first kappa shape index (κ1) is 15.3. The number of nitrogens with two attached hydrogens (primary N) is 1. The van der Waals surface area contributed by atoms with Crippen LogP contribution in [0.1, 0.15) is 24.8 Å². The fourth-order valence-electron chi connectivity index (χ4n) is 2.55. The summed E-state index contributed by atoms with van der Waals surface area (Å²) in [5.74, 6) is 8.76. The highest BCUT2D eigenvalue weighted by molar-refractivity contribution is 9.10. The van der Waals surface area contributed by atoms with Gasteiger partial charge in [0.25, 0.3) is 0 Å². The molecule has 5 heteroatoms. The fourth-order valence-corrected chi connectivity index (χ4v) is 4.26.